The van der Waals surface area contributed by atoms with E-state index < -0.39 is 0 Å². The van der Waals surface area contributed by atoms with Crippen LogP contribution in [0.2, 0.25) is 0 Å². The molecule has 156 valence electrons. The first-order valence-corrected chi connectivity index (χ1v) is 11.5. The molecule has 0 bridgehead atoms. The lowest BCUT2D eigenvalue weighted by molar-refractivity contribution is 0.304. The Morgan fingerprint density at radius 3 is 2.74 bits per heavy atom. The summed E-state index contributed by atoms with van der Waals surface area (Å²) in [6, 6.07) is 19.5. The second-order valence-electron chi connectivity index (χ2n) is 7.15. The van der Waals surface area contributed by atoms with Crippen LogP contribution < -0.4 is 10.3 Å². The first kappa shape index (κ1) is 21.7. The van der Waals surface area contributed by atoms with Crippen molar-refractivity contribution in [2.75, 3.05) is 0 Å². The lowest BCUT2D eigenvalue weighted by Gasteiger charge is -2.09. The largest absolute Gasteiger partial charge is 0.488 e. The SMILES string of the molecule is Cc1cccc(COc2ccc(C=Nn3c(C)nc4ccc(Br)cc4c3=O)cc2I)c1. The summed E-state index contributed by atoms with van der Waals surface area (Å²) in [6.45, 7) is 4.35. The minimum Gasteiger partial charge on any atom is -0.488 e. The van der Waals surface area contributed by atoms with Crippen molar-refractivity contribution in [2.45, 2.75) is 20.5 Å². The summed E-state index contributed by atoms with van der Waals surface area (Å²) in [6.07, 6.45) is 1.66. The zero-order valence-corrected chi connectivity index (χ0v) is 20.7. The maximum atomic E-state index is 12.9. The molecule has 5 nitrogen and oxygen atoms in total. The van der Waals surface area contributed by atoms with Crippen molar-refractivity contribution in [3.05, 3.63) is 102 Å². The van der Waals surface area contributed by atoms with Gasteiger partial charge in [-0.3, -0.25) is 4.79 Å². The van der Waals surface area contributed by atoms with Crippen LogP contribution in [0.5, 0.6) is 5.75 Å². The third-order valence-corrected chi connectivity index (χ3v) is 6.06. The molecule has 4 aromatic rings. The van der Waals surface area contributed by atoms with Crippen molar-refractivity contribution in [3.8, 4) is 5.75 Å². The molecule has 7 heteroatoms. The summed E-state index contributed by atoms with van der Waals surface area (Å²) in [5, 5.41) is 4.91. The third kappa shape index (κ3) is 5.04. The zero-order valence-electron chi connectivity index (χ0n) is 17.0. The van der Waals surface area contributed by atoms with Crippen molar-refractivity contribution >= 4 is 55.6 Å². The highest BCUT2D eigenvalue weighted by Gasteiger charge is 2.08. The molecule has 0 aliphatic heterocycles. The van der Waals surface area contributed by atoms with Crippen molar-refractivity contribution in [3.63, 3.8) is 0 Å². The standard InChI is InChI=1S/C24H19BrIN3O2/c1-15-4-3-5-18(10-15)14-31-23-9-6-17(11-21(23)26)13-27-29-16(2)28-22-8-7-19(25)12-20(22)24(29)30/h3-13H,14H2,1-2H3. The first-order valence-electron chi connectivity index (χ1n) is 9.62. The predicted molar refractivity (Wildman–Crippen MR) is 136 cm³/mol. The van der Waals surface area contributed by atoms with Crippen LogP contribution in [0, 0.1) is 17.4 Å². The van der Waals surface area contributed by atoms with E-state index in [0.717, 1.165) is 24.9 Å². The summed E-state index contributed by atoms with van der Waals surface area (Å²) < 4.78 is 9.09. The lowest BCUT2D eigenvalue weighted by Crippen LogP contribution is -2.20. The van der Waals surface area contributed by atoms with Crippen LogP contribution in [0.15, 0.2) is 75.0 Å². The molecule has 31 heavy (non-hydrogen) atoms. The smallest absolute Gasteiger partial charge is 0.282 e. The molecule has 0 saturated carbocycles. The Kier molecular flexibility index (Phi) is 6.52. The third-order valence-electron chi connectivity index (χ3n) is 4.73. The van der Waals surface area contributed by atoms with Crippen LogP contribution in [-0.2, 0) is 6.61 Å². The molecule has 0 unspecified atom stereocenters. The molecule has 0 N–H and O–H groups in total. The van der Waals surface area contributed by atoms with Gasteiger partial charge in [0, 0.05) is 4.47 Å². The van der Waals surface area contributed by atoms with E-state index in [9.17, 15) is 4.79 Å². The molecule has 0 atom stereocenters. The Bertz CT molecular complexity index is 1370. The molecule has 4 rings (SSSR count). The fraction of sp³-hybridized carbons (Fsp3) is 0.125. The first-order chi connectivity index (χ1) is 14.9. The quantitative estimate of drug-likeness (QED) is 0.218. The molecule has 0 fully saturated rings. The van der Waals surface area contributed by atoms with Gasteiger partial charge < -0.3 is 4.74 Å². The van der Waals surface area contributed by atoms with E-state index in [1.54, 1.807) is 19.2 Å². The minimum absolute atomic E-state index is 0.201. The maximum absolute atomic E-state index is 12.9. The van der Waals surface area contributed by atoms with Gasteiger partial charge in [-0.2, -0.15) is 9.78 Å². The summed E-state index contributed by atoms with van der Waals surface area (Å²) in [4.78, 5) is 17.3. The molecule has 0 saturated heterocycles. The highest BCUT2D eigenvalue weighted by molar-refractivity contribution is 14.1. The Labute approximate surface area is 202 Å². The van der Waals surface area contributed by atoms with Gasteiger partial charge in [0.2, 0.25) is 0 Å². The topological polar surface area (TPSA) is 56.5 Å². The number of aryl methyl sites for hydroxylation is 2. The molecular formula is C24H19BrIN3O2. The number of fused-ring (bicyclic) bond motifs is 1. The summed E-state index contributed by atoms with van der Waals surface area (Å²) >= 11 is 5.65. The molecule has 1 aromatic heterocycles. The molecule has 0 aliphatic rings. The van der Waals surface area contributed by atoms with Crippen LogP contribution in [0.25, 0.3) is 10.9 Å². The van der Waals surface area contributed by atoms with Gasteiger partial charge in [0.25, 0.3) is 5.56 Å². The number of benzene rings is 3. The van der Waals surface area contributed by atoms with Gasteiger partial charge in [-0.05, 0) is 84.0 Å². The number of ether oxygens (including phenoxy) is 1. The molecule has 0 spiro atoms. The van der Waals surface area contributed by atoms with Crippen LogP contribution in [0.4, 0.5) is 0 Å². The fourth-order valence-corrected chi connectivity index (χ4v) is 4.25. The van der Waals surface area contributed by atoms with Gasteiger partial charge >= 0.3 is 0 Å². The Morgan fingerprint density at radius 1 is 1.13 bits per heavy atom. The van der Waals surface area contributed by atoms with Gasteiger partial charge in [0.15, 0.2) is 0 Å². The summed E-state index contributed by atoms with van der Waals surface area (Å²) in [5.74, 6) is 1.34. The summed E-state index contributed by atoms with van der Waals surface area (Å²) in [5.41, 5.74) is 3.66. The van der Waals surface area contributed by atoms with Crippen LogP contribution in [-0.4, -0.2) is 15.9 Å². The normalized spacial score (nSPS) is 11.4. The second-order valence-corrected chi connectivity index (χ2v) is 9.23. The fourth-order valence-electron chi connectivity index (χ4n) is 3.20. The van der Waals surface area contributed by atoms with Gasteiger partial charge in [0.05, 0.1) is 20.7 Å². The highest BCUT2D eigenvalue weighted by atomic mass is 127. The van der Waals surface area contributed by atoms with Crippen molar-refractivity contribution in [2.24, 2.45) is 5.10 Å². The molecule has 0 aliphatic carbocycles. The molecular weight excluding hydrogens is 569 g/mol. The number of halogens is 2. The van der Waals surface area contributed by atoms with Gasteiger partial charge in [-0.15, -0.1) is 0 Å². The van der Waals surface area contributed by atoms with E-state index in [1.807, 2.05) is 36.4 Å². The van der Waals surface area contributed by atoms with Gasteiger partial charge in [0.1, 0.15) is 18.2 Å². The van der Waals surface area contributed by atoms with Crippen molar-refractivity contribution in [1.82, 2.24) is 9.66 Å². The number of aromatic nitrogens is 2. The van der Waals surface area contributed by atoms with E-state index in [1.165, 1.54) is 10.2 Å². The van der Waals surface area contributed by atoms with Crippen LogP contribution >= 0.6 is 38.5 Å². The van der Waals surface area contributed by atoms with E-state index in [-0.39, 0.29) is 5.56 Å². The Morgan fingerprint density at radius 2 is 1.97 bits per heavy atom. The number of hydrogen-bond acceptors (Lipinski definition) is 4. The van der Waals surface area contributed by atoms with Crippen molar-refractivity contribution < 1.29 is 4.74 Å². The van der Waals surface area contributed by atoms with E-state index >= 15 is 0 Å². The minimum atomic E-state index is -0.201. The zero-order chi connectivity index (χ0) is 22.0. The molecule has 0 amide bonds. The van der Waals surface area contributed by atoms with E-state index in [0.29, 0.717) is 23.3 Å². The molecule has 3 aromatic carbocycles. The Hall–Kier alpha value is -2.52. The van der Waals surface area contributed by atoms with Crippen molar-refractivity contribution in [1.29, 1.82) is 0 Å². The number of rotatable bonds is 5. The van der Waals surface area contributed by atoms with Gasteiger partial charge in [-0.1, -0.05) is 45.8 Å². The van der Waals surface area contributed by atoms with Crippen LogP contribution in [0.1, 0.15) is 22.5 Å². The molecule has 0 radical (unpaired) electrons. The second kappa shape index (κ2) is 9.32. The summed E-state index contributed by atoms with van der Waals surface area (Å²) in [7, 11) is 0. The van der Waals surface area contributed by atoms with E-state index in [2.05, 4.69) is 73.7 Å². The van der Waals surface area contributed by atoms with E-state index in [4.69, 9.17) is 4.74 Å². The van der Waals surface area contributed by atoms with Crippen LogP contribution in [0.3, 0.4) is 0 Å². The maximum Gasteiger partial charge on any atom is 0.282 e. The average Bonchev–Trinajstić information content (AvgIpc) is 2.74. The average molecular weight is 588 g/mol. The highest BCUT2D eigenvalue weighted by Crippen LogP contribution is 2.23. The monoisotopic (exact) mass is 587 g/mol. The lowest BCUT2D eigenvalue weighted by atomic mass is 10.1. The van der Waals surface area contributed by atoms with Gasteiger partial charge in [-0.25, -0.2) is 4.98 Å². The molecule has 1 heterocycles. The predicted octanol–water partition coefficient (Wildman–Crippen LogP) is 5.84. The Balaban J connectivity index is 1.56. The number of hydrogen-bond donors (Lipinski definition) is 0. The number of nitrogens with zero attached hydrogens (tertiary/aromatic N) is 3.